The van der Waals surface area contributed by atoms with Crippen molar-refractivity contribution in [3.05, 3.63) is 59.2 Å². The van der Waals surface area contributed by atoms with E-state index in [0.717, 1.165) is 36.6 Å². The lowest BCUT2D eigenvalue weighted by molar-refractivity contribution is 0.100. The minimum Gasteiger partial charge on any atom is -0.366 e. The van der Waals surface area contributed by atoms with Gasteiger partial charge in [0.2, 0.25) is 5.91 Å². The number of nitrogens with zero attached hydrogens (tertiary/aromatic N) is 1. The molecular formula is C21H26N2O. The zero-order chi connectivity index (χ0) is 17.1. The summed E-state index contributed by atoms with van der Waals surface area (Å²) >= 11 is 0. The van der Waals surface area contributed by atoms with E-state index in [1.165, 1.54) is 24.1 Å². The fourth-order valence-corrected chi connectivity index (χ4v) is 3.27. The summed E-state index contributed by atoms with van der Waals surface area (Å²) in [6.07, 6.45) is 2.35. The Hall–Kier alpha value is -2.13. The number of fused-ring (bicyclic) bond motifs is 1. The van der Waals surface area contributed by atoms with E-state index in [-0.39, 0.29) is 5.91 Å². The van der Waals surface area contributed by atoms with Crippen LogP contribution >= 0.6 is 0 Å². The predicted octanol–water partition coefficient (Wildman–Crippen LogP) is 3.86. The number of carbonyl (C=O) groups excluding carboxylic acids is 1. The van der Waals surface area contributed by atoms with E-state index < -0.39 is 0 Å². The number of rotatable bonds is 5. The van der Waals surface area contributed by atoms with Crippen molar-refractivity contribution in [3.63, 3.8) is 0 Å². The second-order valence-electron chi connectivity index (χ2n) is 7.14. The molecule has 1 amide bonds. The summed E-state index contributed by atoms with van der Waals surface area (Å²) in [5, 5.41) is 0. The van der Waals surface area contributed by atoms with Crippen molar-refractivity contribution < 1.29 is 4.79 Å². The molecule has 0 saturated heterocycles. The first-order valence-corrected chi connectivity index (χ1v) is 8.77. The molecule has 3 nitrogen and oxygen atoms in total. The monoisotopic (exact) mass is 322 g/mol. The van der Waals surface area contributed by atoms with E-state index in [9.17, 15) is 4.79 Å². The van der Waals surface area contributed by atoms with E-state index in [4.69, 9.17) is 5.73 Å². The van der Waals surface area contributed by atoms with Gasteiger partial charge in [-0.3, -0.25) is 9.69 Å². The lowest BCUT2D eigenvalue weighted by Crippen LogP contribution is -2.31. The lowest BCUT2D eigenvalue weighted by Gasteiger charge is -2.29. The summed E-state index contributed by atoms with van der Waals surface area (Å²) in [7, 11) is 0. The zero-order valence-corrected chi connectivity index (χ0v) is 14.6. The standard InChI is InChI=1S/C21H26N2O/c1-15(2)8-10-23-11-9-18-12-17(6-7-20(18)14-23)16-4-3-5-19(13-16)21(22)24/h3-7,12-13,15H,8-11,14H2,1-2H3,(H2,22,24). The largest absolute Gasteiger partial charge is 0.366 e. The lowest BCUT2D eigenvalue weighted by atomic mass is 9.93. The van der Waals surface area contributed by atoms with Crippen molar-refractivity contribution in [2.24, 2.45) is 11.7 Å². The summed E-state index contributed by atoms with van der Waals surface area (Å²) in [5.74, 6) is 0.377. The van der Waals surface area contributed by atoms with Gasteiger partial charge in [-0.1, -0.05) is 44.2 Å². The molecule has 1 heterocycles. The smallest absolute Gasteiger partial charge is 0.248 e. The number of primary amides is 1. The molecule has 0 aliphatic carbocycles. The van der Waals surface area contributed by atoms with Gasteiger partial charge in [0.05, 0.1) is 0 Å². The molecule has 2 N–H and O–H groups in total. The van der Waals surface area contributed by atoms with Gasteiger partial charge >= 0.3 is 0 Å². The van der Waals surface area contributed by atoms with E-state index in [0.29, 0.717) is 5.56 Å². The average molecular weight is 322 g/mol. The molecule has 0 fully saturated rings. The number of amides is 1. The van der Waals surface area contributed by atoms with E-state index in [1.54, 1.807) is 6.07 Å². The van der Waals surface area contributed by atoms with Crippen LogP contribution in [0.2, 0.25) is 0 Å². The van der Waals surface area contributed by atoms with Crippen LogP contribution in [0.5, 0.6) is 0 Å². The highest BCUT2D eigenvalue weighted by Crippen LogP contribution is 2.27. The Morgan fingerprint density at radius 1 is 1.12 bits per heavy atom. The number of nitrogens with two attached hydrogens (primary N) is 1. The Kier molecular flexibility index (Phi) is 5.00. The first-order chi connectivity index (χ1) is 11.5. The minimum atomic E-state index is -0.379. The zero-order valence-electron chi connectivity index (χ0n) is 14.6. The summed E-state index contributed by atoms with van der Waals surface area (Å²) in [4.78, 5) is 13.9. The molecular weight excluding hydrogens is 296 g/mol. The molecule has 0 bridgehead atoms. The molecule has 126 valence electrons. The quantitative estimate of drug-likeness (QED) is 0.908. The Morgan fingerprint density at radius 2 is 1.92 bits per heavy atom. The van der Waals surface area contributed by atoms with Crippen molar-refractivity contribution in [1.82, 2.24) is 4.90 Å². The first-order valence-electron chi connectivity index (χ1n) is 8.77. The van der Waals surface area contributed by atoms with E-state index in [1.807, 2.05) is 18.2 Å². The highest BCUT2D eigenvalue weighted by Gasteiger charge is 2.17. The molecule has 0 aromatic heterocycles. The molecule has 0 saturated carbocycles. The van der Waals surface area contributed by atoms with Crippen molar-refractivity contribution >= 4 is 5.91 Å². The molecule has 1 aliphatic rings. The third-order valence-corrected chi connectivity index (χ3v) is 4.80. The van der Waals surface area contributed by atoms with Gasteiger partial charge in [0.1, 0.15) is 0 Å². The molecule has 2 aromatic carbocycles. The van der Waals surface area contributed by atoms with Crippen LogP contribution in [0, 0.1) is 5.92 Å². The fraction of sp³-hybridized carbons (Fsp3) is 0.381. The summed E-state index contributed by atoms with van der Waals surface area (Å²) in [6, 6.07) is 14.2. The van der Waals surface area contributed by atoms with Gasteiger partial charge in [-0.15, -0.1) is 0 Å². The van der Waals surface area contributed by atoms with Crippen molar-refractivity contribution in [2.75, 3.05) is 13.1 Å². The second-order valence-corrected chi connectivity index (χ2v) is 7.14. The molecule has 0 unspecified atom stereocenters. The van der Waals surface area contributed by atoms with Crippen molar-refractivity contribution in [2.45, 2.75) is 33.2 Å². The van der Waals surface area contributed by atoms with Crippen LogP contribution in [0.1, 0.15) is 41.8 Å². The highest BCUT2D eigenvalue weighted by molar-refractivity contribution is 5.94. The molecule has 0 spiro atoms. The number of hydrogen-bond donors (Lipinski definition) is 1. The molecule has 24 heavy (non-hydrogen) atoms. The van der Waals surface area contributed by atoms with Crippen LogP contribution in [0.25, 0.3) is 11.1 Å². The van der Waals surface area contributed by atoms with E-state index in [2.05, 4.69) is 36.9 Å². The maximum Gasteiger partial charge on any atom is 0.248 e. The van der Waals surface area contributed by atoms with Crippen LogP contribution in [-0.2, 0) is 13.0 Å². The van der Waals surface area contributed by atoms with Crippen LogP contribution in [0.3, 0.4) is 0 Å². The molecule has 1 aliphatic heterocycles. The van der Waals surface area contributed by atoms with Crippen molar-refractivity contribution in [1.29, 1.82) is 0 Å². The summed E-state index contributed by atoms with van der Waals surface area (Å²) in [6.45, 7) is 7.92. The van der Waals surface area contributed by atoms with Crippen LogP contribution in [0.15, 0.2) is 42.5 Å². The topological polar surface area (TPSA) is 46.3 Å². The van der Waals surface area contributed by atoms with Crippen LogP contribution in [0.4, 0.5) is 0 Å². The van der Waals surface area contributed by atoms with Crippen LogP contribution in [-0.4, -0.2) is 23.9 Å². The maximum absolute atomic E-state index is 11.4. The van der Waals surface area contributed by atoms with Gasteiger partial charge in [-0.2, -0.15) is 0 Å². The van der Waals surface area contributed by atoms with Gasteiger partial charge in [-0.05, 0) is 59.7 Å². The molecule has 0 radical (unpaired) electrons. The first kappa shape index (κ1) is 16.7. The molecule has 0 atom stereocenters. The second kappa shape index (κ2) is 7.18. The van der Waals surface area contributed by atoms with Gasteiger partial charge < -0.3 is 5.73 Å². The van der Waals surface area contributed by atoms with Crippen LogP contribution < -0.4 is 5.73 Å². The summed E-state index contributed by atoms with van der Waals surface area (Å²) < 4.78 is 0. The average Bonchev–Trinajstić information content (AvgIpc) is 2.59. The van der Waals surface area contributed by atoms with E-state index >= 15 is 0 Å². The van der Waals surface area contributed by atoms with Gasteiger partial charge in [-0.25, -0.2) is 0 Å². The number of hydrogen-bond acceptors (Lipinski definition) is 2. The van der Waals surface area contributed by atoms with Gasteiger partial charge in [0.15, 0.2) is 0 Å². The Bertz CT molecular complexity index is 736. The Labute approximate surface area is 144 Å². The fourth-order valence-electron chi connectivity index (χ4n) is 3.27. The minimum absolute atomic E-state index is 0.379. The number of benzene rings is 2. The normalized spacial score (nSPS) is 14.6. The van der Waals surface area contributed by atoms with Gasteiger partial charge in [0.25, 0.3) is 0 Å². The van der Waals surface area contributed by atoms with Gasteiger partial charge in [0, 0.05) is 18.7 Å². The molecule has 3 heteroatoms. The maximum atomic E-state index is 11.4. The molecule has 2 aromatic rings. The predicted molar refractivity (Wildman–Crippen MR) is 98.8 cm³/mol. The third kappa shape index (κ3) is 3.85. The van der Waals surface area contributed by atoms with Crippen molar-refractivity contribution in [3.8, 4) is 11.1 Å². The SMILES string of the molecule is CC(C)CCN1CCc2cc(-c3cccc(C(N)=O)c3)ccc2C1. The summed E-state index contributed by atoms with van der Waals surface area (Å²) in [5.41, 5.74) is 11.0. The highest BCUT2D eigenvalue weighted by atomic mass is 16.1. The Morgan fingerprint density at radius 3 is 2.67 bits per heavy atom. The molecule has 3 rings (SSSR count). The number of carbonyl (C=O) groups is 1. The third-order valence-electron chi connectivity index (χ3n) is 4.80. The Balaban J connectivity index is 1.78.